The molecule has 1 heterocycles. The number of amides is 2. The topological polar surface area (TPSA) is 76.0 Å². The zero-order valence-electron chi connectivity index (χ0n) is 13.4. The summed E-state index contributed by atoms with van der Waals surface area (Å²) in [5.41, 5.74) is 1.78. The molecule has 2 amide bonds. The minimum Gasteiger partial charge on any atom is -0.355 e. The van der Waals surface area contributed by atoms with Crippen molar-refractivity contribution in [2.24, 2.45) is 0 Å². The normalized spacial score (nSPS) is 10.4. The Hall–Kier alpha value is -2.28. The number of carbonyl (C=O) groups is 2. The number of nitrogens with zero attached hydrogens (tertiary/aromatic N) is 2. The van der Waals surface area contributed by atoms with Crippen LogP contribution >= 0.6 is 12.6 Å². The number of anilines is 1. The minimum absolute atomic E-state index is 0.00442. The van der Waals surface area contributed by atoms with E-state index >= 15 is 0 Å². The molecule has 0 saturated carbocycles. The molecule has 128 valence electrons. The molecule has 0 saturated heterocycles. The van der Waals surface area contributed by atoms with E-state index < -0.39 is 0 Å². The number of imidazole rings is 1. The van der Waals surface area contributed by atoms with E-state index in [1.165, 1.54) is 0 Å². The molecule has 0 spiro atoms. The average Bonchev–Trinajstić information content (AvgIpc) is 3.13. The second kappa shape index (κ2) is 9.77. The number of aromatic nitrogens is 2. The number of benzene rings is 1. The first kappa shape index (κ1) is 18.1. The predicted molar refractivity (Wildman–Crippen MR) is 97.5 cm³/mol. The monoisotopic (exact) mass is 346 g/mol. The van der Waals surface area contributed by atoms with Gasteiger partial charge >= 0.3 is 0 Å². The Labute approximate surface area is 147 Å². The van der Waals surface area contributed by atoms with Crippen LogP contribution in [-0.2, 0) is 9.59 Å². The highest BCUT2D eigenvalue weighted by atomic mass is 32.1. The number of thiol groups is 1. The van der Waals surface area contributed by atoms with Gasteiger partial charge in [0.1, 0.15) is 0 Å². The van der Waals surface area contributed by atoms with Crippen molar-refractivity contribution in [3.8, 4) is 5.69 Å². The van der Waals surface area contributed by atoms with E-state index in [0.717, 1.165) is 30.6 Å². The van der Waals surface area contributed by atoms with Crippen LogP contribution in [0.1, 0.15) is 25.7 Å². The molecule has 6 nitrogen and oxygen atoms in total. The molecule has 0 unspecified atom stereocenters. The lowest BCUT2D eigenvalue weighted by Gasteiger charge is -2.07. The van der Waals surface area contributed by atoms with Gasteiger partial charge in [0.05, 0.1) is 12.1 Å². The molecule has 7 heteroatoms. The zero-order valence-corrected chi connectivity index (χ0v) is 14.3. The molecule has 0 aliphatic carbocycles. The van der Waals surface area contributed by atoms with Crippen molar-refractivity contribution in [1.82, 2.24) is 14.9 Å². The molecule has 24 heavy (non-hydrogen) atoms. The number of unbranched alkanes of at least 4 members (excludes halogenated alkanes) is 2. The summed E-state index contributed by atoms with van der Waals surface area (Å²) in [5, 5.41) is 5.64. The van der Waals surface area contributed by atoms with Crippen molar-refractivity contribution in [2.75, 3.05) is 17.6 Å². The van der Waals surface area contributed by atoms with Gasteiger partial charge in [-0.2, -0.15) is 12.6 Å². The van der Waals surface area contributed by atoms with Crippen LogP contribution in [-0.4, -0.2) is 33.7 Å². The number of carbonyl (C=O) groups excluding carboxylic acids is 2. The van der Waals surface area contributed by atoms with Crippen LogP contribution in [0.2, 0.25) is 0 Å². The van der Waals surface area contributed by atoms with Crippen LogP contribution < -0.4 is 10.6 Å². The minimum atomic E-state index is -0.0600. The van der Waals surface area contributed by atoms with Crippen LogP contribution in [0.4, 0.5) is 5.69 Å². The van der Waals surface area contributed by atoms with Crippen molar-refractivity contribution in [3.05, 3.63) is 43.0 Å². The fraction of sp³-hybridized carbons (Fsp3) is 0.353. The van der Waals surface area contributed by atoms with Crippen molar-refractivity contribution < 1.29 is 9.59 Å². The Morgan fingerprint density at radius 3 is 2.54 bits per heavy atom. The van der Waals surface area contributed by atoms with Gasteiger partial charge in [-0.25, -0.2) is 4.98 Å². The Morgan fingerprint density at radius 1 is 1.08 bits per heavy atom. The largest absolute Gasteiger partial charge is 0.355 e. The van der Waals surface area contributed by atoms with Crippen LogP contribution in [0, 0.1) is 0 Å². The fourth-order valence-electron chi connectivity index (χ4n) is 2.22. The maximum absolute atomic E-state index is 11.9. The Morgan fingerprint density at radius 2 is 1.88 bits per heavy atom. The summed E-state index contributed by atoms with van der Waals surface area (Å²) < 4.78 is 1.90. The second-order valence-electron chi connectivity index (χ2n) is 5.38. The third-order valence-electron chi connectivity index (χ3n) is 3.50. The first-order chi connectivity index (χ1) is 11.7. The molecule has 0 fully saturated rings. The summed E-state index contributed by atoms with van der Waals surface area (Å²) in [4.78, 5) is 26.9. The first-order valence-electron chi connectivity index (χ1n) is 7.95. The van der Waals surface area contributed by atoms with E-state index in [4.69, 9.17) is 0 Å². The van der Waals surface area contributed by atoms with E-state index in [1.807, 2.05) is 35.0 Å². The van der Waals surface area contributed by atoms with Gasteiger partial charge in [0.2, 0.25) is 11.8 Å². The molecule has 2 aromatic rings. The van der Waals surface area contributed by atoms with E-state index in [0.29, 0.717) is 13.0 Å². The average molecular weight is 346 g/mol. The Bertz CT molecular complexity index is 641. The molecule has 0 aliphatic rings. The van der Waals surface area contributed by atoms with E-state index in [9.17, 15) is 9.59 Å². The van der Waals surface area contributed by atoms with Crippen LogP contribution in [0.5, 0.6) is 0 Å². The fourth-order valence-corrected chi connectivity index (χ4v) is 2.34. The Kier molecular flexibility index (Phi) is 7.35. The molecule has 1 aromatic carbocycles. The van der Waals surface area contributed by atoms with Crippen molar-refractivity contribution in [3.63, 3.8) is 0 Å². The highest BCUT2D eigenvalue weighted by Gasteiger charge is 2.03. The maximum atomic E-state index is 11.9. The lowest BCUT2D eigenvalue weighted by atomic mass is 10.2. The summed E-state index contributed by atoms with van der Waals surface area (Å²) in [6.07, 6.45) is 8.36. The van der Waals surface area contributed by atoms with Crippen molar-refractivity contribution in [1.29, 1.82) is 0 Å². The van der Waals surface area contributed by atoms with Gasteiger partial charge in [-0.05, 0) is 37.1 Å². The van der Waals surface area contributed by atoms with Gasteiger partial charge in [-0.1, -0.05) is 6.42 Å². The first-order valence-corrected chi connectivity index (χ1v) is 8.58. The van der Waals surface area contributed by atoms with Gasteiger partial charge in [0.25, 0.3) is 0 Å². The Balaban J connectivity index is 1.64. The summed E-state index contributed by atoms with van der Waals surface area (Å²) in [7, 11) is 0. The molecule has 1 aromatic heterocycles. The lowest BCUT2D eigenvalue weighted by molar-refractivity contribution is -0.118. The van der Waals surface area contributed by atoms with Crippen LogP contribution in [0.3, 0.4) is 0 Å². The van der Waals surface area contributed by atoms with Gasteiger partial charge in [-0.15, -0.1) is 0 Å². The van der Waals surface area contributed by atoms with Crippen LogP contribution in [0.15, 0.2) is 43.0 Å². The third kappa shape index (κ3) is 6.08. The molecule has 0 aliphatic heterocycles. The molecule has 2 N–H and O–H groups in total. The molecule has 0 atom stereocenters. The van der Waals surface area contributed by atoms with E-state index in [-0.39, 0.29) is 17.6 Å². The quantitative estimate of drug-likeness (QED) is 0.482. The maximum Gasteiger partial charge on any atom is 0.229 e. The summed E-state index contributed by atoms with van der Waals surface area (Å²) in [6, 6.07) is 7.61. The third-order valence-corrected chi connectivity index (χ3v) is 3.79. The van der Waals surface area contributed by atoms with Gasteiger partial charge in [-0.3, -0.25) is 9.59 Å². The second-order valence-corrected chi connectivity index (χ2v) is 5.70. The summed E-state index contributed by atoms with van der Waals surface area (Å²) >= 11 is 3.89. The highest BCUT2D eigenvalue weighted by molar-refractivity contribution is 7.81. The van der Waals surface area contributed by atoms with Gasteiger partial charge in [0.15, 0.2) is 0 Å². The van der Waals surface area contributed by atoms with Crippen molar-refractivity contribution >= 4 is 30.1 Å². The highest BCUT2D eigenvalue weighted by Crippen LogP contribution is 2.13. The summed E-state index contributed by atoms with van der Waals surface area (Å²) in [6.45, 7) is 0.636. The molecule has 0 radical (unpaired) electrons. The van der Waals surface area contributed by atoms with Crippen molar-refractivity contribution in [2.45, 2.75) is 25.7 Å². The SMILES string of the molecule is O=C(CS)NCCCCCC(=O)Nc1ccc(-n2ccnc2)cc1. The standard InChI is InChI=1S/C17H22N4O2S/c22-16(4-2-1-3-9-19-17(23)12-24)20-14-5-7-15(8-6-14)21-11-10-18-13-21/h5-8,10-11,13,24H,1-4,9,12H2,(H,19,23)(H,20,22). The number of nitrogens with one attached hydrogen (secondary N) is 2. The van der Waals surface area contributed by atoms with Crippen LogP contribution in [0.25, 0.3) is 5.69 Å². The zero-order chi connectivity index (χ0) is 17.2. The smallest absolute Gasteiger partial charge is 0.229 e. The number of hydrogen-bond acceptors (Lipinski definition) is 4. The van der Waals surface area contributed by atoms with E-state index in [2.05, 4.69) is 28.2 Å². The number of rotatable bonds is 9. The lowest BCUT2D eigenvalue weighted by Crippen LogP contribution is -2.25. The molecular weight excluding hydrogens is 324 g/mol. The van der Waals surface area contributed by atoms with E-state index in [1.54, 1.807) is 12.5 Å². The summed E-state index contributed by atoms with van der Waals surface area (Å²) in [5.74, 6) is 0.155. The molecule has 2 rings (SSSR count). The van der Waals surface area contributed by atoms with Gasteiger partial charge in [0, 0.05) is 36.7 Å². The molecular formula is C17H22N4O2S. The molecule has 0 bridgehead atoms. The van der Waals surface area contributed by atoms with Gasteiger partial charge < -0.3 is 15.2 Å². The number of hydrogen-bond donors (Lipinski definition) is 3. The predicted octanol–water partition coefficient (Wildman–Crippen LogP) is 2.42.